The van der Waals surface area contributed by atoms with Gasteiger partial charge in [-0.2, -0.15) is 5.26 Å². The van der Waals surface area contributed by atoms with Gasteiger partial charge in [0.2, 0.25) is 0 Å². The van der Waals surface area contributed by atoms with Gasteiger partial charge in [0.05, 0.1) is 12.5 Å². The maximum atomic E-state index is 12.4. The van der Waals surface area contributed by atoms with Gasteiger partial charge in [-0.15, -0.1) is 0 Å². The number of hydrogen-bond acceptors (Lipinski definition) is 5. The average molecular weight is 359 g/mol. The molecule has 2 aromatic rings. The molecule has 0 unspecified atom stereocenters. The first-order chi connectivity index (χ1) is 12.0. The second-order valence-electron chi connectivity index (χ2n) is 5.03. The molecule has 0 saturated heterocycles. The van der Waals surface area contributed by atoms with E-state index in [1.165, 1.54) is 23.1 Å². The van der Waals surface area contributed by atoms with Crippen molar-refractivity contribution in [2.24, 2.45) is 0 Å². The summed E-state index contributed by atoms with van der Waals surface area (Å²) < 4.78 is 4.98. The fraction of sp³-hybridized carbons (Fsp3) is 0.167. The predicted molar refractivity (Wildman–Crippen MR) is 92.4 cm³/mol. The van der Waals surface area contributed by atoms with E-state index in [9.17, 15) is 14.7 Å². The van der Waals surface area contributed by atoms with Crippen LogP contribution in [0.2, 0.25) is 5.02 Å². The number of hydrogen-bond donors (Lipinski definition) is 1. The predicted octanol–water partition coefficient (Wildman–Crippen LogP) is 3.15. The molecule has 0 saturated carbocycles. The number of nitriles is 1. The summed E-state index contributed by atoms with van der Waals surface area (Å²) in [6.07, 6.45) is 0.145. The van der Waals surface area contributed by atoms with Gasteiger partial charge in [0.25, 0.3) is 5.91 Å². The Balaban J connectivity index is 2.05. The van der Waals surface area contributed by atoms with Gasteiger partial charge >= 0.3 is 5.97 Å². The quantitative estimate of drug-likeness (QED) is 0.801. The van der Waals surface area contributed by atoms with Crippen LogP contribution in [0.25, 0.3) is 0 Å². The lowest BCUT2D eigenvalue weighted by Gasteiger charge is -2.21. The minimum atomic E-state index is -0.837. The Morgan fingerprint density at radius 3 is 2.56 bits per heavy atom. The van der Waals surface area contributed by atoms with Crippen LogP contribution in [0.1, 0.15) is 16.8 Å². The molecule has 0 aromatic heterocycles. The van der Waals surface area contributed by atoms with Crippen molar-refractivity contribution in [3.8, 4) is 11.8 Å². The molecule has 0 aliphatic rings. The van der Waals surface area contributed by atoms with Crippen molar-refractivity contribution in [2.45, 2.75) is 6.42 Å². The smallest absolute Gasteiger partial charge is 0.342 e. The number of carbonyl (C=O) groups excluding carboxylic acids is 2. The van der Waals surface area contributed by atoms with E-state index in [2.05, 4.69) is 0 Å². The largest absolute Gasteiger partial charge is 0.507 e. The zero-order valence-electron chi connectivity index (χ0n) is 13.2. The molecule has 0 fully saturated rings. The molecule has 0 radical (unpaired) electrons. The zero-order valence-corrected chi connectivity index (χ0v) is 13.9. The van der Waals surface area contributed by atoms with Crippen molar-refractivity contribution in [1.29, 1.82) is 5.26 Å². The topological polar surface area (TPSA) is 90.6 Å². The lowest BCUT2D eigenvalue weighted by molar-refractivity contribution is -0.121. The molecule has 2 rings (SSSR count). The Labute approximate surface area is 149 Å². The molecule has 7 heteroatoms. The van der Waals surface area contributed by atoms with Crippen molar-refractivity contribution >= 4 is 29.2 Å². The molecule has 0 spiro atoms. The van der Waals surface area contributed by atoms with Crippen LogP contribution in [0.3, 0.4) is 0 Å². The molecule has 0 heterocycles. The maximum Gasteiger partial charge on any atom is 0.342 e. The molecule has 6 nitrogen and oxygen atoms in total. The summed E-state index contributed by atoms with van der Waals surface area (Å²) in [4.78, 5) is 25.8. The Morgan fingerprint density at radius 2 is 1.92 bits per heavy atom. The number of phenolic OH excluding ortho intramolecular Hbond substituents is 1. The lowest BCUT2D eigenvalue weighted by atomic mass is 10.2. The number of carbonyl (C=O) groups is 2. The van der Waals surface area contributed by atoms with Crippen LogP contribution < -0.4 is 4.90 Å². The van der Waals surface area contributed by atoms with Crippen LogP contribution in [0.4, 0.5) is 5.69 Å². The third-order valence-electron chi connectivity index (χ3n) is 3.32. The highest BCUT2D eigenvalue weighted by atomic mass is 35.5. The Morgan fingerprint density at radius 1 is 1.20 bits per heavy atom. The van der Waals surface area contributed by atoms with Gasteiger partial charge in [0.15, 0.2) is 6.61 Å². The molecule has 1 N–H and O–H groups in total. The molecule has 2 aromatic carbocycles. The number of halogens is 1. The molecule has 1 amide bonds. The SMILES string of the molecule is N#CCCN(C(=O)COC(=O)c1ccc(Cl)cc1O)c1ccccc1. The molecule has 128 valence electrons. The number of esters is 1. The number of anilines is 1. The van der Waals surface area contributed by atoms with Crippen LogP contribution >= 0.6 is 11.6 Å². The normalized spacial score (nSPS) is 9.92. The molecule has 0 atom stereocenters. The Bertz CT molecular complexity index is 802. The van der Waals surface area contributed by atoms with Gasteiger partial charge in [-0.3, -0.25) is 4.79 Å². The second kappa shape index (κ2) is 8.71. The van der Waals surface area contributed by atoms with Gasteiger partial charge in [-0.25, -0.2) is 4.79 Å². The van der Waals surface area contributed by atoms with Gasteiger partial charge in [-0.05, 0) is 30.3 Å². The third kappa shape index (κ3) is 4.96. The fourth-order valence-corrected chi connectivity index (χ4v) is 2.29. The first-order valence-corrected chi connectivity index (χ1v) is 7.78. The van der Waals surface area contributed by atoms with E-state index in [1.54, 1.807) is 30.3 Å². The second-order valence-corrected chi connectivity index (χ2v) is 5.46. The highest BCUT2D eigenvalue weighted by Gasteiger charge is 2.19. The summed E-state index contributed by atoms with van der Waals surface area (Å²) in [6.45, 7) is -0.329. The van der Waals surface area contributed by atoms with E-state index in [4.69, 9.17) is 21.6 Å². The number of aromatic hydroxyl groups is 1. The van der Waals surface area contributed by atoms with Crippen LogP contribution in [-0.4, -0.2) is 30.1 Å². The summed E-state index contributed by atoms with van der Waals surface area (Å²) in [5, 5.41) is 18.7. The number of benzene rings is 2. The van der Waals surface area contributed by atoms with Crippen molar-refractivity contribution in [1.82, 2.24) is 0 Å². The van der Waals surface area contributed by atoms with Crippen molar-refractivity contribution in [3.63, 3.8) is 0 Å². The summed E-state index contributed by atoms with van der Waals surface area (Å²) in [6, 6.07) is 14.7. The minimum absolute atomic E-state index is 0.0829. The summed E-state index contributed by atoms with van der Waals surface area (Å²) >= 11 is 5.71. The van der Waals surface area contributed by atoms with E-state index in [0.29, 0.717) is 5.69 Å². The van der Waals surface area contributed by atoms with Gasteiger partial charge < -0.3 is 14.7 Å². The standard InChI is InChI=1S/C18H15ClN2O4/c19-13-7-8-15(16(22)11-13)18(24)25-12-17(23)21(10-4-9-20)14-5-2-1-3-6-14/h1-3,5-8,11,22H,4,10,12H2. The number of rotatable bonds is 6. The summed E-state index contributed by atoms with van der Waals surface area (Å²) in [5.41, 5.74) is 0.522. The van der Waals surface area contributed by atoms with Crippen molar-refractivity contribution in [3.05, 3.63) is 59.1 Å². The van der Waals surface area contributed by atoms with Crippen LogP contribution in [0.5, 0.6) is 5.75 Å². The highest BCUT2D eigenvalue weighted by molar-refractivity contribution is 6.30. The Kier molecular flexibility index (Phi) is 6.38. The Hall–Kier alpha value is -3.04. The van der Waals surface area contributed by atoms with Crippen LogP contribution in [0, 0.1) is 11.3 Å². The molecular weight excluding hydrogens is 344 g/mol. The van der Waals surface area contributed by atoms with E-state index in [0.717, 1.165) is 0 Å². The van der Waals surface area contributed by atoms with E-state index in [-0.39, 0.29) is 29.3 Å². The van der Waals surface area contributed by atoms with E-state index >= 15 is 0 Å². The van der Waals surface area contributed by atoms with Crippen molar-refractivity contribution in [2.75, 3.05) is 18.1 Å². The van der Waals surface area contributed by atoms with E-state index < -0.39 is 18.5 Å². The van der Waals surface area contributed by atoms with Crippen molar-refractivity contribution < 1.29 is 19.4 Å². The lowest BCUT2D eigenvalue weighted by Crippen LogP contribution is -2.35. The number of nitrogens with zero attached hydrogens (tertiary/aromatic N) is 2. The number of para-hydroxylation sites is 1. The first-order valence-electron chi connectivity index (χ1n) is 7.41. The van der Waals surface area contributed by atoms with Crippen LogP contribution in [0.15, 0.2) is 48.5 Å². The van der Waals surface area contributed by atoms with E-state index in [1.807, 2.05) is 6.07 Å². The molecule has 0 bridgehead atoms. The van der Waals surface area contributed by atoms with Crippen LogP contribution in [-0.2, 0) is 9.53 Å². The van der Waals surface area contributed by atoms with Gasteiger partial charge in [-0.1, -0.05) is 29.8 Å². The average Bonchev–Trinajstić information content (AvgIpc) is 2.61. The minimum Gasteiger partial charge on any atom is -0.507 e. The fourth-order valence-electron chi connectivity index (χ4n) is 2.13. The van der Waals surface area contributed by atoms with Gasteiger partial charge in [0.1, 0.15) is 11.3 Å². The monoisotopic (exact) mass is 358 g/mol. The number of ether oxygens (including phenoxy) is 1. The molecular formula is C18H15ClN2O4. The molecule has 0 aliphatic heterocycles. The van der Waals surface area contributed by atoms with Gasteiger partial charge in [0, 0.05) is 17.3 Å². The highest BCUT2D eigenvalue weighted by Crippen LogP contribution is 2.22. The molecule has 25 heavy (non-hydrogen) atoms. The maximum absolute atomic E-state index is 12.4. The first kappa shape index (κ1) is 18.3. The number of amides is 1. The third-order valence-corrected chi connectivity index (χ3v) is 3.56. The molecule has 0 aliphatic carbocycles. The zero-order chi connectivity index (χ0) is 18.2. The summed E-state index contributed by atoms with van der Waals surface area (Å²) in [7, 11) is 0. The number of phenols is 1. The summed E-state index contributed by atoms with van der Waals surface area (Å²) in [5.74, 6) is -1.63.